The van der Waals surface area contributed by atoms with E-state index in [-0.39, 0.29) is 26.4 Å². The van der Waals surface area contributed by atoms with E-state index in [9.17, 15) is 19.9 Å². The van der Waals surface area contributed by atoms with Crippen LogP contribution in [0.4, 0.5) is 0 Å². The molecule has 0 bridgehead atoms. The van der Waals surface area contributed by atoms with Crippen LogP contribution in [0.3, 0.4) is 0 Å². The number of hydrogen-bond donors (Lipinski definition) is 0. The fourth-order valence-electron chi connectivity index (χ4n) is 7.00. The van der Waals surface area contributed by atoms with Crippen molar-refractivity contribution in [1.82, 2.24) is 0 Å². The first-order chi connectivity index (χ1) is 28.2. The van der Waals surface area contributed by atoms with Gasteiger partial charge in [-0.1, -0.05) is 109 Å². The molecule has 6 unspecified atom stereocenters. The zero-order chi connectivity index (χ0) is 40.9. The summed E-state index contributed by atoms with van der Waals surface area (Å²) in [5, 5.41) is 4.14. The molecule has 10 atom stereocenters. The van der Waals surface area contributed by atoms with Crippen molar-refractivity contribution >= 4 is 17.9 Å². The fourth-order valence-corrected chi connectivity index (χ4v) is 7.00. The van der Waals surface area contributed by atoms with Gasteiger partial charge in [-0.15, -0.1) is 0 Å². The molecule has 2 aliphatic heterocycles. The topological polar surface area (TPSA) is 174 Å². The average Bonchev–Trinajstić information content (AvgIpc) is 3.25. The van der Waals surface area contributed by atoms with E-state index in [0.717, 1.165) is 11.1 Å². The molecule has 2 saturated heterocycles. The van der Waals surface area contributed by atoms with E-state index >= 15 is 0 Å². The molecule has 0 amide bonds. The third-order valence-corrected chi connectivity index (χ3v) is 10.0. The fraction of sp³-hybridized carbons (Fsp3) is 0.386. The van der Waals surface area contributed by atoms with Gasteiger partial charge in [-0.05, 0) is 47.8 Å². The quantitative estimate of drug-likeness (QED) is 0.0375. The van der Waals surface area contributed by atoms with Crippen molar-refractivity contribution in [2.24, 2.45) is 11.0 Å². The van der Waals surface area contributed by atoms with Gasteiger partial charge in [0.1, 0.15) is 37.6 Å². The Morgan fingerprint density at radius 2 is 1.16 bits per heavy atom. The Bertz CT molecular complexity index is 1970. The Hall–Kier alpha value is -5.60. The third-order valence-electron chi connectivity index (χ3n) is 10.0. The molecule has 14 nitrogen and oxygen atoms in total. The summed E-state index contributed by atoms with van der Waals surface area (Å²) in [5.74, 6) is -2.21. The van der Waals surface area contributed by atoms with Gasteiger partial charge in [0, 0.05) is 17.8 Å². The molecule has 2 heterocycles. The van der Waals surface area contributed by atoms with Crippen LogP contribution in [0.2, 0.25) is 0 Å². The molecular formula is C44H47N3O11. The lowest BCUT2D eigenvalue weighted by Crippen LogP contribution is -2.64. The van der Waals surface area contributed by atoms with Crippen LogP contribution < -0.4 is 0 Å². The molecule has 14 heteroatoms. The van der Waals surface area contributed by atoms with Gasteiger partial charge < -0.3 is 37.9 Å². The van der Waals surface area contributed by atoms with E-state index in [1.54, 1.807) is 67.6 Å². The highest BCUT2D eigenvalue weighted by molar-refractivity contribution is 5.89. The normalized spacial score (nSPS) is 26.7. The van der Waals surface area contributed by atoms with Crippen molar-refractivity contribution in [3.63, 3.8) is 0 Å². The zero-order valence-corrected chi connectivity index (χ0v) is 32.5. The molecule has 0 N–H and O–H groups in total. The number of carbonyl (C=O) groups is 3. The summed E-state index contributed by atoms with van der Waals surface area (Å²) < 4.78 is 50.2. The Morgan fingerprint density at radius 1 is 0.638 bits per heavy atom. The van der Waals surface area contributed by atoms with Crippen LogP contribution in [0.15, 0.2) is 126 Å². The number of nitrogens with zero attached hydrogens (tertiary/aromatic N) is 3. The van der Waals surface area contributed by atoms with E-state index in [1.165, 1.54) is 6.92 Å². The van der Waals surface area contributed by atoms with Crippen LogP contribution in [-0.4, -0.2) is 86.2 Å². The first kappa shape index (κ1) is 42.0. The van der Waals surface area contributed by atoms with Gasteiger partial charge in [0.25, 0.3) is 0 Å². The third kappa shape index (κ3) is 11.1. The number of ether oxygens (including phenoxy) is 8. The van der Waals surface area contributed by atoms with Crippen molar-refractivity contribution in [3.05, 3.63) is 154 Å². The molecule has 0 aromatic heterocycles. The lowest BCUT2D eigenvalue weighted by atomic mass is 9.89. The molecule has 58 heavy (non-hydrogen) atoms. The Kier molecular flexibility index (Phi) is 15.0. The SMILES string of the molecule is CC(=O)OC[C@@H]1OC(C)C(OC(=O)c2ccccc2)C(OCc2ccccc2)[C@@H]1OC1OC(COC(=O)c2ccccc2)C(C)[C@H](OCc2ccccc2)[C@@H]1N=[N+]=[N-]. The van der Waals surface area contributed by atoms with Gasteiger partial charge in [-0.3, -0.25) is 4.79 Å². The number of hydrogen-bond acceptors (Lipinski definition) is 12. The Balaban J connectivity index is 1.35. The second-order valence-electron chi connectivity index (χ2n) is 14.1. The monoisotopic (exact) mass is 793 g/mol. The number of carbonyl (C=O) groups excluding carboxylic acids is 3. The molecule has 0 saturated carbocycles. The van der Waals surface area contributed by atoms with Crippen LogP contribution in [0.1, 0.15) is 52.6 Å². The van der Waals surface area contributed by atoms with E-state index < -0.39 is 78.9 Å². The predicted octanol–water partition coefficient (Wildman–Crippen LogP) is 7.02. The first-order valence-electron chi connectivity index (χ1n) is 19.1. The Morgan fingerprint density at radius 3 is 1.71 bits per heavy atom. The van der Waals surface area contributed by atoms with Gasteiger partial charge in [0.15, 0.2) is 12.4 Å². The van der Waals surface area contributed by atoms with E-state index in [0.29, 0.717) is 11.1 Å². The summed E-state index contributed by atoms with van der Waals surface area (Å²) in [6.07, 6.45) is -7.92. The molecule has 304 valence electrons. The summed E-state index contributed by atoms with van der Waals surface area (Å²) in [4.78, 5) is 42.0. The van der Waals surface area contributed by atoms with Gasteiger partial charge in [0.05, 0.1) is 42.7 Å². The van der Waals surface area contributed by atoms with Crippen molar-refractivity contribution in [2.75, 3.05) is 13.2 Å². The minimum Gasteiger partial charge on any atom is -0.463 e. The van der Waals surface area contributed by atoms with Crippen molar-refractivity contribution in [3.8, 4) is 0 Å². The number of azide groups is 1. The summed E-state index contributed by atoms with van der Waals surface area (Å²) in [7, 11) is 0. The van der Waals surface area contributed by atoms with E-state index in [1.807, 2.05) is 67.6 Å². The van der Waals surface area contributed by atoms with Crippen molar-refractivity contribution < 1.29 is 52.3 Å². The minimum absolute atomic E-state index is 0.0843. The number of rotatable bonds is 16. The summed E-state index contributed by atoms with van der Waals surface area (Å²) in [5.41, 5.74) is 12.3. The number of benzene rings is 4. The second kappa shape index (κ2) is 20.7. The molecule has 4 aromatic rings. The van der Waals surface area contributed by atoms with Gasteiger partial charge in [-0.2, -0.15) is 0 Å². The Labute approximate surface area is 336 Å². The summed E-state index contributed by atoms with van der Waals surface area (Å²) in [6, 6.07) is 34.9. The molecule has 4 aromatic carbocycles. The van der Waals surface area contributed by atoms with Crippen LogP contribution in [-0.2, 0) is 55.9 Å². The molecule has 0 radical (unpaired) electrons. The maximum atomic E-state index is 13.6. The first-order valence-corrected chi connectivity index (χ1v) is 19.1. The molecule has 2 fully saturated rings. The smallest absolute Gasteiger partial charge is 0.338 e. The molecular weight excluding hydrogens is 746 g/mol. The average molecular weight is 794 g/mol. The van der Waals surface area contributed by atoms with Crippen LogP contribution in [0.25, 0.3) is 10.4 Å². The highest BCUT2D eigenvalue weighted by Gasteiger charge is 2.53. The molecule has 2 aliphatic rings. The maximum absolute atomic E-state index is 13.6. The van der Waals surface area contributed by atoms with Crippen LogP contribution in [0, 0.1) is 5.92 Å². The summed E-state index contributed by atoms with van der Waals surface area (Å²) in [6.45, 7) is 4.66. The van der Waals surface area contributed by atoms with Gasteiger partial charge >= 0.3 is 17.9 Å². The highest BCUT2D eigenvalue weighted by Crippen LogP contribution is 2.37. The predicted molar refractivity (Wildman–Crippen MR) is 209 cm³/mol. The van der Waals surface area contributed by atoms with Crippen molar-refractivity contribution in [2.45, 2.75) is 89.0 Å². The van der Waals surface area contributed by atoms with E-state index in [4.69, 9.17) is 37.9 Å². The highest BCUT2D eigenvalue weighted by atomic mass is 16.7. The zero-order valence-electron chi connectivity index (χ0n) is 32.5. The number of esters is 3. The maximum Gasteiger partial charge on any atom is 0.338 e. The van der Waals surface area contributed by atoms with Crippen molar-refractivity contribution in [1.29, 1.82) is 0 Å². The standard InChI is InChI=1S/C44H47N3O11/c1-28-35(26-54-42(49)33-20-12-6-13-21-33)56-44(37(46-47-45)38(28)52-24-31-16-8-4-9-17-31)58-40-36(27-51-30(3)48)55-29(2)39(57-43(50)34-22-14-7-15-23-34)41(40)53-25-32-18-10-5-11-19-32/h4-23,28-29,35-41,44H,24-27H2,1-3H3/t28?,29?,35?,36-,37-,38-,39?,40+,41?,44?/m0/s1. The largest absolute Gasteiger partial charge is 0.463 e. The lowest BCUT2D eigenvalue weighted by Gasteiger charge is -2.49. The lowest BCUT2D eigenvalue weighted by molar-refractivity contribution is -0.321. The van der Waals surface area contributed by atoms with Crippen LogP contribution in [0.5, 0.6) is 0 Å². The van der Waals surface area contributed by atoms with Crippen LogP contribution >= 0.6 is 0 Å². The minimum atomic E-state index is -1.34. The van der Waals surface area contributed by atoms with Gasteiger partial charge in [0.2, 0.25) is 0 Å². The van der Waals surface area contributed by atoms with E-state index in [2.05, 4.69) is 10.0 Å². The second-order valence-corrected chi connectivity index (χ2v) is 14.1. The molecule has 6 rings (SSSR count). The molecule has 0 aliphatic carbocycles. The summed E-state index contributed by atoms with van der Waals surface area (Å²) >= 11 is 0. The van der Waals surface area contributed by atoms with Gasteiger partial charge in [-0.25, -0.2) is 9.59 Å². The molecule has 0 spiro atoms.